The average Bonchev–Trinajstić information content (AvgIpc) is 2.41. The molecule has 0 radical (unpaired) electrons. The van der Waals surface area contributed by atoms with E-state index in [1.54, 1.807) is 0 Å². The van der Waals surface area contributed by atoms with Gasteiger partial charge in [-0.3, -0.25) is 4.79 Å². The van der Waals surface area contributed by atoms with Gasteiger partial charge in [0.1, 0.15) is 0 Å². The van der Waals surface area contributed by atoms with Crippen LogP contribution >= 0.6 is 15.9 Å². The summed E-state index contributed by atoms with van der Waals surface area (Å²) < 4.78 is 13.4. The predicted octanol–water partition coefficient (Wildman–Crippen LogP) is 3.29. The van der Waals surface area contributed by atoms with E-state index in [4.69, 9.17) is 0 Å². The molecule has 0 unspecified atom stereocenters. The summed E-state index contributed by atoms with van der Waals surface area (Å²) in [5, 5.41) is 29.0. The standard InChI is InChI=1S/C13H14BrFO4/c14-8-6-7(10(16)11(17)9(8)15)13(12(18)19)4-2-1-3-5-13/h6,16-17H,1-5H2,(H,18,19). The van der Waals surface area contributed by atoms with Gasteiger partial charge in [-0.15, -0.1) is 0 Å². The first kappa shape index (κ1) is 14.1. The Morgan fingerprint density at radius 2 is 1.79 bits per heavy atom. The first-order valence-corrected chi connectivity index (χ1v) is 6.83. The van der Waals surface area contributed by atoms with Crippen molar-refractivity contribution in [3.8, 4) is 11.5 Å². The molecule has 19 heavy (non-hydrogen) atoms. The smallest absolute Gasteiger partial charge is 0.314 e. The van der Waals surface area contributed by atoms with Crippen LogP contribution in [-0.4, -0.2) is 21.3 Å². The number of carbonyl (C=O) groups is 1. The normalized spacial score (nSPS) is 18.2. The summed E-state index contributed by atoms with van der Waals surface area (Å²) in [6.07, 6.45) is 3.12. The summed E-state index contributed by atoms with van der Waals surface area (Å²) in [4.78, 5) is 11.6. The van der Waals surface area contributed by atoms with Crippen molar-refractivity contribution in [2.75, 3.05) is 0 Å². The van der Waals surface area contributed by atoms with Crippen molar-refractivity contribution in [1.82, 2.24) is 0 Å². The minimum Gasteiger partial charge on any atom is -0.504 e. The lowest BCUT2D eigenvalue weighted by molar-refractivity contribution is -0.145. The number of rotatable bonds is 2. The molecular formula is C13H14BrFO4. The van der Waals surface area contributed by atoms with Crippen LogP contribution in [0.25, 0.3) is 0 Å². The number of aromatic hydroxyl groups is 2. The van der Waals surface area contributed by atoms with Crippen molar-refractivity contribution in [2.24, 2.45) is 0 Å². The molecule has 104 valence electrons. The third-order valence-electron chi connectivity index (χ3n) is 3.80. The summed E-state index contributed by atoms with van der Waals surface area (Å²) in [7, 11) is 0. The van der Waals surface area contributed by atoms with Crippen LogP contribution in [0, 0.1) is 5.82 Å². The Morgan fingerprint density at radius 1 is 1.21 bits per heavy atom. The highest BCUT2D eigenvalue weighted by Crippen LogP contribution is 2.48. The molecule has 3 N–H and O–H groups in total. The van der Waals surface area contributed by atoms with Gasteiger partial charge in [0.05, 0.1) is 9.89 Å². The Labute approximate surface area is 118 Å². The molecule has 1 aliphatic rings. The maximum atomic E-state index is 13.5. The average molecular weight is 333 g/mol. The molecule has 1 fully saturated rings. The van der Waals surface area contributed by atoms with E-state index in [-0.39, 0.29) is 10.0 Å². The Balaban J connectivity index is 2.64. The van der Waals surface area contributed by atoms with Gasteiger partial charge in [-0.2, -0.15) is 0 Å². The largest absolute Gasteiger partial charge is 0.504 e. The van der Waals surface area contributed by atoms with E-state index >= 15 is 0 Å². The third kappa shape index (κ3) is 2.18. The van der Waals surface area contributed by atoms with Crippen molar-refractivity contribution >= 4 is 21.9 Å². The molecule has 0 atom stereocenters. The van der Waals surface area contributed by atoms with Gasteiger partial charge in [0.25, 0.3) is 0 Å². The van der Waals surface area contributed by atoms with E-state index in [2.05, 4.69) is 15.9 Å². The highest BCUT2D eigenvalue weighted by molar-refractivity contribution is 9.10. The second-order valence-corrected chi connectivity index (χ2v) is 5.72. The van der Waals surface area contributed by atoms with Crippen LogP contribution in [-0.2, 0) is 10.2 Å². The quantitative estimate of drug-likeness (QED) is 0.726. The summed E-state index contributed by atoms with van der Waals surface area (Å²) in [6, 6.07) is 1.25. The van der Waals surface area contributed by atoms with Gasteiger partial charge in [-0.1, -0.05) is 19.3 Å². The molecule has 0 saturated heterocycles. The van der Waals surface area contributed by atoms with E-state index in [1.165, 1.54) is 6.07 Å². The van der Waals surface area contributed by atoms with Gasteiger partial charge < -0.3 is 15.3 Å². The van der Waals surface area contributed by atoms with Gasteiger partial charge in [-0.05, 0) is 34.8 Å². The van der Waals surface area contributed by atoms with Crippen molar-refractivity contribution in [3.05, 3.63) is 21.9 Å². The van der Waals surface area contributed by atoms with Gasteiger partial charge in [0.2, 0.25) is 0 Å². The molecule has 1 aromatic rings. The number of hydrogen-bond donors (Lipinski definition) is 3. The van der Waals surface area contributed by atoms with Gasteiger partial charge in [0, 0.05) is 5.56 Å². The molecule has 0 bridgehead atoms. The number of carboxylic acid groups (broad SMARTS) is 1. The lowest BCUT2D eigenvalue weighted by Gasteiger charge is -2.34. The molecule has 1 aliphatic carbocycles. The maximum Gasteiger partial charge on any atom is 0.314 e. The van der Waals surface area contributed by atoms with Crippen LogP contribution in [0.3, 0.4) is 0 Å². The number of phenols is 2. The van der Waals surface area contributed by atoms with E-state index in [0.717, 1.165) is 19.3 Å². The van der Waals surface area contributed by atoms with Crippen molar-refractivity contribution in [3.63, 3.8) is 0 Å². The number of halogens is 2. The van der Waals surface area contributed by atoms with Gasteiger partial charge >= 0.3 is 5.97 Å². The molecular weight excluding hydrogens is 319 g/mol. The fraction of sp³-hybridized carbons (Fsp3) is 0.462. The lowest BCUT2D eigenvalue weighted by atomic mass is 9.69. The monoisotopic (exact) mass is 332 g/mol. The van der Waals surface area contributed by atoms with E-state index in [0.29, 0.717) is 12.8 Å². The topological polar surface area (TPSA) is 77.8 Å². The van der Waals surface area contributed by atoms with Crippen LogP contribution in [0.5, 0.6) is 11.5 Å². The fourth-order valence-electron chi connectivity index (χ4n) is 2.72. The zero-order valence-electron chi connectivity index (χ0n) is 10.1. The number of benzene rings is 1. The highest BCUT2D eigenvalue weighted by Gasteiger charge is 2.44. The minimum atomic E-state index is -1.25. The number of aliphatic carboxylic acids is 1. The van der Waals surface area contributed by atoms with Crippen LogP contribution < -0.4 is 0 Å². The van der Waals surface area contributed by atoms with Crippen LogP contribution in [0.2, 0.25) is 0 Å². The summed E-state index contributed by atoms with van der Waals surface area (Å²) in [6.45, 7) is 0. The minimum absolute atomic E-state index is 0.0519. The summed E-state index contributed by atoms with van der Waals surface area (Å²) in [5.41, 5.74) is -1.18. The Hall–Kier alpha value is -1.30. The molecule has 0 aromatic heterocycles. The lowest BCUT2D eigenvalue weighted by Crippen LogP contribution is -2.38. The van der Waals surface area contributed by atoms with Crippen molar-refractivity contribution < 1.29 is 24.5 Å². The molecule has 0 heterocycles. The van der Waals surface area contributed by atoms with Gasteiger partial charge in [0.15, 0.2) is 17.3 Å². The Bertz CT molecular complexity index is 524. The number of phenolic OH excluding ortho intramolecular Hbond substituents is 2. The van der Waals surface area contributed by atoms with E-state index in [9.17, 15) is 24.5 Å². The van der Waals surface area contributed by atoms with Crippen molar-refractivity contribution in [2.45, 2.75) is 37.5 Å². The van der Waals surface area contributed by atoms with Crippen molar-refractivity contribution in [1.29, 1.82) is 0 Å². The first-order valence-electron chi connectivity index (χ1n) is 6.04. The highest BCUT2D eigenvalue weighted by atomic mass is 79.9. The van der Waals surface area contributed by atoms with E-state index < -0.39 is 28.7 Å². The summed E-state index contributed by atoms with van der Waals surface area (Å²) >= 11 is 2.93. The molecule has 2 rings (SSSR count). The number of hydrogen-bond acceptors (Lipinski definition) is 3. The predicted molar refractivity (Wildman–Crippen MR) is 69.8 cm³/mol. The molecule has 0 spiro atoms. The SMILES string of the molecule is O=C(O)C1(c2cc(Br)c(F)c(O)c2O)CCCCC1. The van der Waals surface area contributed by atoms with E-state index in [1.807, 2.05) is 0 Å². The van der Waals surface area contributed by atoms with Gasteiger partial charge in [-0.25, -0.2) is 4.39 Å². The fourth-order valence-corrected chi connectivity index (χ4v) is 3.14. The first-order chi connectivity index (χ1) is 8.90. The molecule has 4 nitrogen and oxygen atoms in total. The molecule has 0 aliphatic heterocycles. The van der Waals surface area contributed by atoms with Crippen LogP contribution in [0.15, 0.2) is 10.5 Å². The maximum absolute atomic E-state index is 13.5. The summed E-state index contributed by atoms with van der Waals surface area (Å²) in [5.74, 6) is -3.63. The Morgan fingerprint density at radius 3 is 2.32 bits per heavy atom. The molecule has 0 amide bonds. The zero-order chi connectivity index (χ0) is 14.2. The third-order valence-corrected chi connectivity index (χ3v) is 4.38. The number of carboxylic acids is 1. The van der Waals surface area contributed by atoms with Crippen LogP contribution in [0.1, 0.15) is 37.7 Å². The zero-order valence-corrected chi connectivity index (χ0v) is 11.7. The molecule has 1 aromatic carbocycles. The molecule has 6 heteroatoms. The van der Waals surface area contributed by atoms with Crippen LogP contribution in [0.4, 0.5) is 4.39 Å². The molecule has 1 saturated carbocycles. The second kappa shape index (κ2) is 5.00. The second-order valence-electron chi connectivity index (χ2n) is 4.87. The Kier molecular flexibility index (Phi) is 3.71.